The number of hydrogen-bond acceptors (Lipinski definition) is 1. The molecule has 0 amide bonds. The number of rotatable bonds is 7. The second kappa shape index (κ2) is 14.8. The van der Waals surface area contributed by atoms with E-state index >= 15 is 0 Å². The van der Waals surface area contributed by atoms with Crippen molar-refractivity contribution in [2.24, 2.45) is 11.8 Å². The minimum atomic E-state index is 0.130. The van der Waals surface area contributed by atoms with Crippen molar-refractivity contribution in [3.8, 4) is 55.6 Å². The van der Waals surface area contributed by atoms with Crippen LogP contribution >= 0.6 is 0 Å². The van der Waals surface area contributed by atoms with Crippen LogP contribution in [0.5, 0.6) is 0 Å². The Kier molecular flexibility index (Phi) is 8.59. The maximum atomic E-state index is 2.52. The van der Waals surface area contributed by atoms with Gasteiger partial charge in [-0.25, -0.2) is 0 Å². The summed E-state index contributed by atoms with van der Waals surface area (Å²) < 4.78 is 0. The molecule has 3 atom stereocenters. The molecule has 0 N–H and O–H groups in total. The Morgan fingerprint density at radius 3 is 1.67 bits per heavy atom. The van der Waals surface area contributed by atoms with Crippen LogP contribution in [0.4, 0.5) is 17.1 Å². The fourth-order valence-corrected chi connectivity index (χ4v) is 12.5. The maximum absolute atomic E-state index is 2.52. The molecule has 2 fully saturated rings. The molecule has 10 aromatic carbocycles. The molecule has 2 saturated carbocycles. The number of benzene rings is 10. The molecule has 10 aromatic rings. The molecule has 1 spiro atoms. The average molecular weight is 818 g/mol. The maximum Gasteiger partial charge on any atom is 0.0540 e. The zero-order chi connectivity index (χ0) is 42.2. The third-order valence-electron chi connectivity index (χ3n) is 15.2. The predicted octanol–water partition coefficient (Wildman–Crippen LogP) is 17.2. The normalized spacial score (nSPS) is 18.1. The van der Waals surface area contributed by atoms with E-state index < -0.39 is 0 Å². The molecule has 3 unspecified atom stereocenters. The van der Waals surface area contributed by atoms with Gasteiger partial charge in [0.1, 0.15) is 0 Å². The first-order valence-electron chi connectivity index (χ1n) is 23.1. The Bertz CT molecular complexity index is 3420. The fourth-order valence-electron chi connectivity index (χ4n) is 12.5. The van der Waals surface area contributed by atoms with Crippen LogP contribution in [0, 0.1) is 11.8 Å². The molecular formula is C63H47N. The van der Waals surface area contributed by atoms with E-state index in [-0.39, 0.29) is 5.41 Å². The highest BCUT2D eigenvalue weighted by Gasteiger charge is 2.56. The zero-order valence-corrected chi connectivity index (χ0v) is 35.8. The van der Waals surface area contributed by atoms with Gasteiger partial charge in [0, 0.05) is 22.4 Å². The van der Waals surface area contributed by atoms with Gasteiger partial charge in [-0.1, -0.05) is 194 Å². The third-order valence-corrected chi connectivity index (χ3v) is 15.2. The molecule has 3 aliphatic rings. The average Bonchev–Trinajstić information content (AvgIpc) is 4.07. The summed E-state index contributed by atoms with van der Waals surface area (Å²) in [7, 11) is 0. The van der Waals surface area contributed by atoms with Crippen molar-refractivity contribution in [1.82, 2.24) is 0 Å². The summed E-state index contributed by atoms with van der Waals surface area (Å²) >= 11 is 0. The molecule has 0 aliphatic heterocycles. The van der Waals surface area contributed by atoms with Gasteiger partial charge in [-0.05, 0) is 150 Å². The van der Waals surface area contributed by atoms with E-state index in [0.717, 1.165) is 23.2 Å². The van der Waals surface area contributed by atoms with Crippen LogP contribution < -0.4 is 4.90 Å². The molecule has 64 heavy (non-hydrogen) atoms. The minimum absolute atomic E-state index is 0.130. The number of nitrogens with zero attached hydrogens (tertiary/aromatic N) is 1. The van der Waals surface area contributed by atoms with Gasteiger partial charge >= 0.3 is 0 Å². The lowest BCUT2D eigenvalue weighted by Crippen LogP contribution is -2.31. The van der Waals surface area contributed by atoms with Crippen LogP contribution in [0.2, 0.25) is 0 Å². The number of para-hydroxylation sites is 1. The first-order chi connectivity index (χ1) is 31.7. The highest BCUT2D eigenvalue weighted by molar-refractivity contribution is 6.14. The Morgan fingerprint density at radius 1 is 0.359 bits per heavy atom. The monoisotopic (exact) mass is 817 g/mol. The summed E-state index contributed by atoms with van der Waals surface area (Å²) in [5, 5.41) is 5.11. The van der Waals surface area contributed by atoms with Crippen LogP contribution in [0.3, 0.4) is 0 Å². The molecule has 0 aromatic heterocycles. The predicted molar refractivity (Wildman–Crippen MR) is 270 cm³/mol. The second-order valence-electron chi connectivity index (χ2n) is 18.4. The van der Waals surface area contributed by atoms with Gasteiger partial charge in [0.05, 0.1) is 5.69 Å². The van der Waals surface area contributed by atoms with Crippen LogP contribution in [0.15, 0.2) is 224 Å². The summed E-state index contributed by atoms with van der Waals surface area (Å²) in [5.41, 5.74) is 19.2. The molecule has 1 heteroatoms. The van der Waals surface area contributed by atoms with E-state index in [2.05, 4.69) is 229 Å². The largest absolute Gasteiger partial charge is 0.310 e. The van der Waals surface area contributed by atoms with Crippen molar-refractivity contribution in [2.45, 2.75) is 31.1 Å². The second-order valence-corrected chi connectivity index (χ2v) is 18.4. The Morgan fingerprint density at radius 2 is 0.922 bits per heavy atom. The Labute approximate surface area is 375 Å². The van der Waals surface area contributed by atoms with Crippen LogP contribution in [0.1, 0.15) is 36.8 Å². The van der Waals surface area contributed by atoms with E-state index in [1.54, 1.807) is 11.1 Å². The van der Waals surface area contributed by atoms with E-state index in [1.807, 2.05) is 0 Å². The fraction of sp³-hybridized carbons (Fsp3) is 0.111. The lowest BCUT2D eigenvalue weighted by molar-refractivity contribution is 0.327. The van der Waals surface area contributed by atoms with E-state index in [4.69, 9.17) is 0 Å². The lowest BCUT2D eigenvalue weighted by atomic mass is 9.67. The highest BCUT2D eigenvalue weighted by atomic mass is 15.1. The van der Waals surface area contributed by atoms with Crippen molar-refractivity contribution in [1.29, 1.82) is 0 Å². The summed E-state index contributed by atoms with van der Waals surface area (Å²) in [6.45, 7) is 0. The van der Waals surface area contributed by atoms with Crippen molar-refractivity contribution in [3.05, 3.63) is 236 Å². The molecule has 0 heterocycles. The smallest absolute Gasteiger partial charge is 0.0540 e. The molecule has 2 bridgehead atoms. The van der Waals surface area contributed by atoms with Gasteiger partial charge in [-0.2, -0.15) is 0 Å². The minimum Gasteiger partial charge on any atom is -0.310 e. The quantitative estimate of drug-likeness (QED) is 0.145. The summed E-state index contributed by atoms with van der Waals surface area (Å²) in [6.07, 6.45) is 5.36. The van der Waals surface area contributed by atoms with Crippen molar-refractivity contribution in [2.75, 3.05) is 4.90 Å². The van der Waals surface area contributed by atoms with E-state index in [9.17, 15) is 0 Å². The SMILES string of the molecule is c1ccc(-c2ccccc2-c2ccccc2-c2ccccc2N(c2ccc(-c3cc4ccccc4c4ccccc34)cc2)c2ccc3c(c2)-c2ccccc2C32CC3CCC2C3)cc1. The molecule has 0 saturated heterocycles. The zero-order valence-electron chi connectivity index (χ0n) is 35.8. The van der Waals surface area contributed by atoms with Crippen LogP contribution in [0.25, 0.3) is 77.2 Å². The molecule has 304 valence electrons. The van der Waals surface area contributed by atoms with Crippen LogP contribution in [-0.4, -0.2) is 0 Å². The van der Waals surface area contributed by atoms with Gasteiger partial charge in [0.2, 0.25) is 0 Å². The first kappa shape index (κ1) is 37.1. The van der Waals surface area contributed by atoms with Crippen molar-refractivity contribution in [3.63, 3.8) is 0 Å². The molecule has 13 rings (SSSR count). The Hall–Kier alpha value is -7.48. The van der Waals surface area contributed by atoms with Crippen molar-refractivity contribution >= 4 is 38.6 Å². The Balaban J connectivity index is 1.01. The summed E-state index contributed by atoms with van der Waals surface area (Å²) in [5.74, 6) is 1.55. The number of hydrogen-bond donors (Lipinski definition) is 0. The van der Waals surface area contributed by atoms with Crippen LogP contribution in [-0.2, 0) is 5.41 Å². The summed E-state index contributed by atoms with van der Waals surface area (Å²) in [4.78, 5) is 2.52. The standard InChI is InChI=1S/C63H47N/c1-2-16-43(17-3-1)49-19-6-7-21-51(49)53-23-9-10-24-54(53)57-27-13-15-29-62(57)64(47-34-31-44(32-35-47)58-39-45-18-4-5-20-50(45)52-22-8-11-25-55(52)58)48-36-37-61-59(40-48)56-26-12-14-28-60(56)63(61)41-42-30-33-46(63)38-42/h1-29,31-32,34-37,39-40,42,46H,30,33,38,41H2. The van der Waals surface area contributed by atoms with Gasteiger partial charge in [-0.3, -0.25) is 0 Å². The number of fused-ring (bicyclic) bond motifs is 11. The lowest BCUT2D eigenvalue weighted by Gasteiger charge is -2.36. The topological polar surface area (TPSA) is 3.24 Å². The highest BCUT2D eigenvalue weighted by Crippen LogP contribution is 2.66. The van der Waals surface area contributed by atoms with E-state index in [1.165, 1.54) is 109 Å². The number of anilines is 3. The van der Waals surface area contributed by atoms with E-state index in [0.29, 0.717) is 0 Å². The van der Waals surface area contributed by atoms with Gasteiger partial charge in [-0.15, -0.1) is 0 Å². The molecule has 3 aliphatic carbocycles. The van der Waals surface area contributed by atoms with Crippen molar-refractivity contribution < 1.29 is 0 Å². The molecule has 0 radical (unpaired) electrons. The summed E-state index contributed by atoms with van der Waals surface area (Å²) in [6, 6.07) is 83.8. The first-order valence-corrected chi connectivity index (χ1v) is 23.1. The van der Waals surface area contributed by atoms with Gasteiger partial charge < -0.3 is 4.90 Å². The van der Waals surface area contributed by atoms with Gasteiger partial charge in [0.15, 0.2) is 0 Å². The molecule has 1 nitrogen and oxygen atoms in total. The van der Waals surface area contributed by atoms with Gasteiger partial charge in [0.25, 0.3) is 0 Å². The molecular weight excluding hydrogens is 771 g/mol. The third kappa shape index (κ3) is 5.70.